The van der Waals surface area contributed by atoms with E-state index in [-0.39, 0.29) is 10.8 Å². The van der Waals surface area contributed by atoms with Gasteiger partial charge in [-0.2, -0.15) is 0 Å². The summed E-state index contributed by atoms with van der Waals surface area (Å²) in [4.78, 5) is 10.4. The fraction of sp³-hybridized carbons (Fsp3) is 0.0800. The quantitative estimate of drug-likeness (QED) is 0.151. The van der Waals surface area contributed by atoms with E-state index in [1.807, 2.05) is 0 Å². The van der Waals surface area contributed by atoms with Crippen LogP contribution in [-0.2, 0) is 10.8 Å². The number of anilines is 6. The third kappa shape index (κ3) is 7.15. The molecule has 0 N–H and O–H groups in total. The average molecular weight is 998 g/mol. The minimum absolute atomic E-state index is 0.137. The summed E-state index contributed by atoms with van der Waals surface area (Å²) in [6, 6.07) is 96.4. The number of hydrogen-bond acceptors (Lipinski definition) is 3. The second kappa shape index (κ2) is 17.5. The number of aromatic nitrogens is 1. The van der Waals surface area contributed by atoms with Crippen molar-refractivity contribution in [2.24, 2.45) is 0 Å². The molecular weight excluding hydrogens is 943 g/mol. The Kier molecular flexibility index (Phi) is 10.3. The first-order chi connectivity index (χ1) is 38.2. The lowest BCUT2D eigenvalue weighted by atomic mass is 9.82. The van der Waals surface area contributed by atoms with Crippen molar-refractivity contribution in [1.82, 2.24) is 4.98 Å². The summed E-state index contributed by atoms with van der Waals surface area (Å²) in [6.45, 7) is 9.44. The summed E-state index contributed by atoms with van der Waals surface area (Å²) in [6.07, 6.45) is 0. The van der Waals surface area contributed by atoms with E-state index in [0.29, 0.717) is 0 Å². The third-order valence-electron chi connectivity index (χ3n) is 17.2. The maximum absolute atomic E-state index is 5.55. The standard InChI is InChI=1S/C75H55N3/c1-74(2)66-27-13-11-25-60(66)62-40-37-56(45-68(62)74)77(72-29-15-21-49-18-7-9-23-58(49)72)54-35-33-51(34-36-54)71-47-64(53-32-31-48-17-5-6-20-52(48)43-53)65-44-55(39-42-70(65)76-71)78(73-30-16-22-50-19-8-10-24-59(50)73)57-38-41-63-61-26-12-14-28-67(61)75(3,4)69(63)46-57/h5-47H,1-4H3. The molecule has 0 spiro atoms. The first-order valence-corrected chi connectivity index (χ1v) is 27.3. The molecule has 0 atom stereocenters. The Balaban J connectivity index is 0.890. The van der Waals surface area contributed by atoms with Crippen molar-refractivity contribution in [3.05, 3.63) is 283 Å². The summed E-state index contributed by atoms with van der Waals surface area (Å²) < 4.78 is 0. The normalized spacial score (nSPS) is 13.6. The number of pyridine rings is 1. The lowest BCUT2D eigenvalue weighted by Crippen LogP contribution is -2.16. The Morgan fingerprint density at radius 2 is 0.731 bits per heavy atom. The molecule has 0 bridgehead atoms. The molecule has 3 nitrogen and oxygen atoms in total. The maximum Gasteiger partial charge on any atom is 0.0717 e. The van der Waals surface area contributed by atoms with Crippen LogP contribution in [0.4, 0.5) is 34.1 Å². The predicted molar refractivity (Wildman–Crippen MR) is 330 cm³/mol. The van der Waals surface area contributed by atoms with Crippen molar-refractivity contribution in [3.63, 3.8) is 0 Å². The third-order valence-corrected chi connectivity index (χ3v) is 17.2. The van der Waals surface area contributed by atoms with Crippen molar-refractivity contribution >= 4 is 77.3 Å². The topological polar surface area (TPSA) is 19.4 Å². The van der Waals surface area contributed by atoms with Crippen LogP contribution in [0.1, 0.15) is 49.9 Å². The molecule has 1 aromatic heterocycles. The van der Waals surface area contributed by atoms with Crippen LogP contribution in [0.2, 0.25) is 0 Å². The van der Waals surface area contributed by atoms with Crippen LogP contribution in [-0.4, -0.2) is 4.98 Å². The number of benzene rings is 12. The highest BCUT2D eigenvalue weighted by Gasteiger charge is 2.37. The Hall–Kier alpha value is -9.57. The van der Waals surface area contributed by atoms with E-state index >= 15 is 0 Å². The van der Waals surface area contributed by atoms with Crippen LogP contribution >= 0.6 is 0 Å². The zero-order valence-electron chi connectivity index (χ0n) is 44.2. The highest BCUT2D eigenvalue weighted by molar-refractivity contribution is 6.05. The Morgan fingerprint density at radius 1 is 0.282 bits per heavy atom. The second-order valence-electron chi connectivity index (χ2n) is 22.3. The molecule has 0 radical (unpaired) electrons. The molecule has 78 heavy (non-hydrogen) atoms. The van der Waals surface area contributed by atoms with Crippen LogP contribution in [0.25, 0.3) is 87.9 Å². The highest BCUT2D eigenvalue weighted by atomic mass is 15.1. The zero-order chi connectivity index (χ0) is 52.3. The summed E-state index contributed by atoms with van der Waals surface area (Å²) in [7, 11) is 0. The van der Waals surface area contributed by atoms with E-state index in [4.69, 9.17) is 4.98 Å². The van der Waals surface area contributed by atoms with Crippen LogP contribution < -0.4 is 9.80 Å². The van der Waals surface area contributed by atoms with Gasteiger partial charge in [-0.05, 0) is 156 Å². The zero-order valence-corrected chi connectivity index (χ0v) is 44.2. The summed E-state index contributed by atoms with van der Waals surface area (Å²) >= 11 is 0. The molecule has 2 aliphatic rings. The molecule has 2 aliphatic carbocycles. The molecule has 0 amide bonds. The fourth-order valence-corrected chi connectivity index (χ4v) is 13.2. The lowest BCUT2D eigenvalue weighted by Gasteiger charge is -2.29. The first-order valence-electron chi connectivity index (χ1n) is 27.3. The van der Waals surface area contributed by atoms with Gasteiger partial charge >= 0.3 is 0 Å². The fourth-order valence-electron chi connectivity index (χ4n) is 13.2. The minimum atomic E-state index is -0.155. The smallest absolute Gasteiger partial charge is 0.0717 e. The molecule has 0 aliphatic heterocycles. The van der Waals surface area contributed by atoms with Crippen molar-refractivity contribution in [2.45, 2.75) is 38.5 Å². The number of rotatable bonds is 8. The van der Waals surface area contributed by atoms with E-state index < -0.39 is 0 Å². The van der Waals surface area contributed by atoms with Crippen LogP contribution in [0, 0.1) is 0 Å². The van der Waals surface area contributed by atoms with Crippen molar-refractivity contribution in [2.75, 3.05) is 9.80 Å². The second-order valence-corrected chi connectivity index (χ2v) is 22.3. The van der Waals surface area contributed by atoms with Crippen molar-refractivity contribution in [1.29, 1.82) is 0 Å². The van der Waals surface area contributed by atoms with Crippen LogP contribution in [0.15, 0.2) is 261 Å². The lowest BCUT2D eigenvalue weighted by molar-refractivity contribution is 0.660. The molecule has 3 heteroatoms. The number of hydrogen-bond donors (Lipinski definition) is 0. The Morgan fingerprint density at radius 3 is 1.33 bits per heavy atom. The largest absolute Gasteiger partial charge is 0.310 e. The molecule has 0 saturated carbocycles. The minimum Gasteiger partial charge on any atom is -0.310 e. The Labute approximate surface area is 456 Å². The maximum atomic E-state index is 5.55. The summed E-state index contributed by atoms with van der Waals surface area (Å²) in [5.74, 6) is 0. The van der Waals surface area contributed by atoms with E-state index in [1.165, 1.54) is 76.8 Å². The predicted octanol–water partition coefficient (Wildman–Crippen LogP) is 20.6. The molecule has 0 unspecified atom stereocenters. The van der Waals surface area contributed by atoms with Gasteiger partial charge in [0.05, 0.1) is 22.6 Å². The highest BCUT2D eigenvalue weighted by Crippen LogP contribution is 2.53. The van der Waals surface area contributed by atoms with E-state index in [0.717, 1.165) is 67.4 Å². The van der Waals surface area contributed by atoms with Gasteiger partial charge in [-0.1, -0.05) is 210 Å². The van der Waals surface area contributed by atoms with Gasteiger partial charge in [0.25, 0.3) is 0 Å². The first kappa shape index (κ1) is 45.8. The van der Waals surface area contributed by atoms with Gasteiger partial charge in [0, 0.05) is 55.3 Å². The molecule has 0 saturated heterocycles. The van der Waals surface area contributed by atoms with Gasteiger partial charge in [-0.3, -0.25) is 0 Å². The van der Waals surface area contributed by atoms with Crippen molar-refractivity contribution < 1.29 is 0 Å². The Bertz CT molecular complexity index is 4570. The van der Waals surface area contributed by atoms with E-state index in [9.17, 15) is 0 Å². The molecule has 15 rings (SSSR count). The summed E-state index contributed by atoms with van der Waals surface area (Å²) in [5.41, 5.74) is 22.2. The van der Waals surface area contributed by atoms with Crippen molar-refractivity contribution in [3.8, 4) is 44.6 Å². The van der Waals surface area contributed by atoms with E-state index in [2.05, 4.69) is 298 Å². The molecule has 13 aromatic rings. The number of nitrogens with zero attached hydrogens (tertiary/aromatic N) is 3. The molecule has 370 valence electrons. The van der Waals surface area contributed by atoms with E-state index in [1.54, 1.807) is 0 Å². The van der Waals surface area contributed by atoms with Gasteiger partial charge in [0.2, 0.25) is 0 Å². The monoisotopic (exact) mass is 997 g/mol. The average Bonchev–Trinajstić information content (AvgIpc) is 3.88. The van der Waals surface area contributed by atoms with Gasteiger partial charge < -0.3 is 9.80 Å². The molecular formula is C75H55N3. The number of fused-ring (bicyclic) bond motifs is 10. The van der Waals surface area contributed by atoms with Crippen LogP contribution in [0.3, 0.4) is 0 Å². The van der Waals surface area contributed by atoms with Crippen LogP contribution in [0.5, 0.6) is 0 Å². The molecule has 0 fully saturated rings. The summed E-state index contributed by atoms with van der Waals surface area (Å²) in [5, 5.41) is 8.31. The molecule has 12 aromatic carbocycles. The van der Waals surface area contributed by atoms with Gasteiger partial charge in [-0.15, -0.1) is 0 Å². The van der Waals surface area contributed by atoms with Gasteiger partial charge in [-0.25, -0.2) is 4.98 Å². The van der Waals surface area contributed by atoms with Gasteiger partial charge in [0.1, 0.15) is 0 Å². The SMILES string of the molecule is CC1(C)c2ccccc2-c2ccc(N(c3ccc(-c4cc(-c5ccc6ccccc6c5)c5cc(N(c6ccc7c(c6)C(C)(C)c6ccccc6-7)c6cccc7ccccc67)ccc5n4)cc3)c3cccc4ccccc34)cc21. The molecule has 1 heterocycles. The van der Waals surface area contributed by atoms with Gasteiger partial charge in [0.15, 0.2) is 0 Å².